The van der Waals surface area contributed by atoms with E-state index in [4.69, 9.17) is 19.4 Å². The number of likely N-dealkylation sites (tertiary alicyclic amines) is 1. The summed E-state index contributed by atoms with van der Waals surface area (Å²) in [6, 6.07) is 6.70. The molecule has 1 N–H and O–H groups in total. The van der Waals surface area contributed by atoms with Gasteiger partial charge in [0.15, 0.2) is 0 Å². The van der Waals surface area contributed by atoms with Crippen molar-refractivity contribution in [2.24, 2.45) is 11.3 Å². The van der Waals surface area contributed by atoms with E-state index in [9.17, 15) is 21.6 Å². The van der Waals surface area contributed by atoms with Crippen LogP contribution in [-0.2, 0) is 19.6 Å². The number of rotatable bonds is 5. The van der Waals surface area contributed by atoms with E-state index in [1.165, 1.54) is 0 Å². The average Bonchev–Trinajstić information content (AvgIpc) is 3.26. The number of aliphatic carboxylic acids is 1. The van der Waals surface area contributed by atoms with Crippen LogP contribution >= 0.6 is 0 Å². The van der Waals surface area contributed by atoms with Gasteiger partial charge >= 0.3 is 12.1 Å². The van der Waals surface area contributed by atoms with Crippen molar-refractivity contribution in [3.63, 3.8) is 0 Å². The van der Waals surface area contributed by atoms with Crippen molar-refractivity contribution in [2.75, 3.05) is 54.1 Å². The first kappa shape index (κ1) is 25.4. The molecule has 2 fully saturated rings. The third-order valence-corrected chi connectivity index (χ3v) is 7.46. The molecule has 2 heterocycles. The summed E-state index contributed by atoms with van der Waals surface area (Å²) < 4.78 is 69.9. The minimum Gasteiger partial charge on any atom is -0.497 e. The highest BCUT2D eigenvalue weighted by Gasteiger charge is 2.51. The Morgan fingerprint density at radius 1 is 1.29 bits per heavy atom. The number of nitrogens with zero attached hydrogens (tertiary/aromatic N) is 2. The molecule has 1 aromatic rings. The van der Waals surface area contributed by atoms with Crippen LogP contribution in [0.5, 0.6) is 5.75 Å². The van der Waals surface area contributed by atoms with Crippen LogP contribution in [0.15, 0.2) is 29.2 Å². The summed E-state index contributed by atoms with van der Waals surface area (Å²) in [5, 5.41) is 7.12. The van der Waals surface area contributed by atoms with Gasteiger partial charge in [-0.3, -0.25) is 0 Å². The molecule has 0 aromatic heterocycles. The molecule has 176 valence electrons. The maximum absolute atomic E-state index is 13.0. The Kier molecular flexibility index (Phi) is 7.95. The van der Waals surface area contributed by atoms with Gasteiger partial charge in [0.1, 0.15) is 5.75 Å². The van der Waals surface area contributed by atoms with E-state index in [1.807, 2.05) is 0 Å². The molecule has 2 aliphatic rings. The third kappa shape index (κ3) is 5.88. The lowest BCUT2D eigenvalue weighted by Gasteiger charge is -2.30. The van der Waals surface area contributed by atoms with Crippen molar-refractivity contribution in [1.82, 2.24) is 9.21 Å². The van der Waals surface area contributed by atoms with E-state index >= 15 is 0 Å². The molecule has 2 saturated heterocycles. The molecular weight excluding hydrogens is 441 g/mol. The number of halogens is 3. The van der Waals surface area contributed by atoms with Crippen LogP contribution in [0.1, 0.15) is 6.42 Å². The van der Waals surface area contributed by atoms with Gasteiger partial charge in [0, 0.05) is 50.7 Å². The lowest BCUT2D eigenvalue weighted by atomic mass is 9.78. The van der Waals surface area contributed by atoms with E-state index in [0.29, 0.717) is 36.3 Å². The summed E-state index contributed by atoms with van der Waals surface area (Å²) in [6.07, 6.45) is -4.20. The molecule has 1 aromatic carbocycles. The van der Waals surface area contributed by atoms with Crippen molar-refractivity contribution in [2.45, 2.75) is 17.5 Å². The lowest BCUT2D eigenvalue weighted by Crippen LogP contribution is -2.38. The molecule has 2 aliphatic heterocycles. The first-order chi connectivity index (χ1) is 14.4. The number of methoxy groups -OCH3 is 2. The van der Waals surface area contributed by atoms with Crippen LogP contribution in [-0.4, -0.2) is 88.9 Å². The van der Waals surface area contributed by atoms with Crippen LogP contribution in [0.4, 0.5) is 13.2 Å². The molecule has 31 heavy (non-hydrogen) atoms. The quantitative estimate of drug-likeness (QED) is 0.705. The first-order valence-corrected chi connectivity index (χ1v) is 10.9. The Hall–Kier alpha value is -1.89. The summed E-state index contributed by atoms with van der Waals surface area (Å²) in [4.78, 5) is 11.5. The second kappa shape index (κ2) is 9.72. The fourth-order valence-electron chi connectivity index (χ4n) is 4.17. The number of carboxylic acids is 1. The number of sulfonamides is 1. The van der Waals surface area contributed by atoms with E-state index in [-0.39, 0.29) is 5.41 Å². The predicted molar refractivity (Wildman–Crippen MR) is 105 cm³/mol. The number of ether oxygens (including phenoxy) is 2. The normalized spacial score (nSPS) is 24.8. The number of hydrogen-bond donors (Lipinski definition) is 1. The average molecular weight is 468 g/mol. The van der Waals surface area contributed by atoms with Crippen molar-refractivity contribution in [3.8, 4) is 5.75 Å². The van der Waals surface area contributed by atoms with Gasteiger partial charge in [-0.25, -0.2) is 13.2 Å². The van der Waals surface area contributed by atoms with Crippen LogP contribution in [0.25, 0.3) is 0 Å². The van der Waals surface area contributed by atoms with Crippen molar-refractivity contribution < 1.29 is 41.0 Å². The third-order valence-electron chi connectivity index (χ3n) is 5.62. The second-order valence-electron chi connectivity index (χ2n) is 7.78. The van der Waals surface area contributed by atoms with Gasteiger partial charge in [-0.05, 0) is 25.6 Å². The van der Waals surface area contributed by atoms with E-state index in [2.05, 4.69) is 11.9 Å². The van der Waals surface area contributed by atoms with Gasteiger partial charge < -0.3 is 19.5 Å². The number of carboxylic acid groups (broad SMARTS) is 1. The Labute approximate surface area is 179 Å². The molecule has 0 bridgehead atoms. The molecular formula is C19H27F3N2O6S. The summed E-state index contributed by atoms with van der Waals surface area (Å²) >= 11 is 0. The Balaban J connectivity index is 0.000000423. The summed E-state index contributed by atoms with van der Waals surface area (Å²) in [5.41, 5.74) is -0.00328. The fourth-order valence-corrected chi connectivity index (χ4v) is 5.74. The number of benzene rings is 1. The van der Waals surface area contributed by atoms with Gasteiger partial charge in [0.2, 0.25) is 10.0 Å². The minimum absolute atomic E-state index is 0.00328. The molecule has 1 spiro atoms. The Bertz CT molecular complexity index is 880. The van der Waals surface area contributed by atoms with E-state index < -0.39 is 22.2 Å². The largest absolute Gasteiger partial charge is 0.497 e. The smallest absolute Gasteiger partial charge is 0.490 e. The number of alkyl halides is 3. The van der Waals surface area contributed by atoms with Crippen molar-refractivity contribution >= 4 is 16.0 Å². The molecule has 0 aliphatic carbocycles. The zero-order valence-electron chi connectivity index (χ0n) is 17.6. The van der Waals surface area contributed by atoms with Crippen molar-refractivity contribution in [1.29, 1.82) is 0 Å². The van der Waals surface area contributed by atoms with Gasteiger partial charge in [0.05, 0.1) is 18.6 Å². The number of hydrogen-bond acceptors (Lipinski definition) is 6. The standard InChI is InChI=1S/C17H26N2O4S.C2HF3O2/c1-18-10-14(11-22-2)17(12-18)7-8-19(13-17)24(20,21)16-6-4-5-15(9-16)23-3;3-2(4,5)1(6)7/h4-6,9,14H,7-8,10-13H2,1-3H3;(H,6,7)/t14-,17+;/m0./s1. The topological polar surface area (TPSA) is 96.4 Å². The summed E-state index contributed by atoms with van der Waals surface area (Å²) in [6.45, 7) is 3.68. The summed E-state index contributed by atoms with van der Waals surface area (Å²) in [5.74, 6) is -1.83. The van der Waals surface area contributed by atoms with Crippen LogP contribution < -0.4 is 4.74 Å². The highest BCUT2D eigenvalue weighted by atomic mass is 32.2. The lowest BCUT2D eigenvalue weighted by molar-refractivity contribution is -0.192. The maximum Gasteiger partial charge on any atom is 0.490 e. The monoisotopic (exact) mass is 468 g/mol. The first-order valence-electron chi connectivity index (χ1n) is 9.47. The highest BCUT2D eigenvalue weighted by Crippen LogP contribution is 2.45. The van der Waals surface area contributed by atoms with E-state index in [1.54, 1.807) is 42.8 Å². The van der Waals surface area contributed by atoms with E-state index in [0.717, 1.165) is 19.5 Å². The van der Waals surface area contributed by atoms with Gasteiger partial charge in [-0.15, -0.1) is 0 Å². The second-order valence-corrected chi connectivity index (χ2v) is 9.72. The number of carbonyl (C=O) groups is 1. The molecule has 0 unspecified atom stereocenters. The fraction of sp³-hybridized carbons (Fsp3) is 0.632. The molecule has 0 saturated carbocycles. The van der Waals surface area contributed by atoms with Crippen LogP contribution in [0.3, 0.4) is 0 Å². The zero-order chi connectivity index (χ0) is 23.4. The Morgan fingerprint density at radius 3 is 2.48 bits per heavy atom. The maximum atomic E-state index is 13.0. The molecule has 2 atom stereocenters. The van der Waals surface area contributed by atoms with Gasteiger partial charge in [0.25, 0.3) is 0 Å². The summed E-state index contributed by atoms with van der Waals surface area (Å²) in [7, 11) is 1.85. The molecule has 3 rings (SSSR count). The highest BCUT2D eigenvalue weighted by molar-refractivity contribution is 7.89. The van der Waals surface area contributed by atoms with Crippen molar-refractivity contribution in [3.05, 3.63) is 24.3 Å². The SMILES string of the molecule is COC[C@@H]1CN(C)C[C@@]12CCN(S(=O)(=O)c1cccc(OC)c1)C2.O=C(O)C(F)(F)F. The van der Waals surface area contributed by atoms with Crippen LogP contribution in [0, 0.1) is 11.3 Å². The van der Waals surface area contributed by atoms with Gasteiger partial charge in [-0.2, -0.15) is 17.5 Å². The molecule has 8 nitrogen and oxygen atoms in total. The Morgan fingerprint density at radius 2 is 1.94 bits per heavy atom. The van der Waals surface area contributed by atoms with Gasteiger partial charge in [-0.1, -0.05) is 6.07 Å². The molecule has 0 radical (unpaired) electrons. The van der Waals surface area contributed by atoms with Crippen LogP contribution in [0.2, 0.25) is 0 Å². The molecule has 0 amide bonds. The zero-order valence-corrected chi connectivity index (χ0v) is 18.4. The minimum atomic E-state index is -5.08. The molecule has 12 heteroatoms. The predicted octanol–water partition coefficient (Wildman–Crippen LogP) is 1.92.